The van der Waals surface area contributed by atoms with Crippen LogP contribution >= 0.6 is 0 Å². The maximum atomic E-state index is 9.05. The lowest BCUT2D eigenvalue weighted by molar-refractivity contribution is 0.848. The maximum Gasteiger partial charge on any atom is 0.145 e. The summed E-state index contributed by atoms with van der Waals surface area (Å²) in [7, 11) is 0. The summed E-state index contributed by atoms with van der Waals surface area (Å²) in [5.41, 5.74) is 9.21. The lowest BCUT2D eigenvalue weighted by atomic mass is 10.2. The molecule has 0 fully saturated rings. The number of benzene rings is 1. The molecule has 2 aromatic rings. The number of nitrogen functional groups attached to an aromatic ring is 1. The molecule has 4 nitrogen and oxygen atoms in total. The van der Waals surface area contributed by atoms with Crippen LogP contribution in [-0.4, -0.2) is 9.78 Å². The van der Waals surface area contributed by atoms with E-state index in [0.717, 1.165) is 11.4 Å². The predicted octanol–water partition coefficient (Wildman–Crippen LogP) is 2.20. The summed E-state index contributed by atoms with van der Waals surface area (Å²) in [5.74, 6) is 0.410. The number of hydrogen-bond acceptors (Lipinski definition) is 3. The molecular weight excluding hydrogens is 212 g/mol. The zero-order valence-electron chi connectivity index (χ0n) is 9.94. The first-order valence-electron chi connectivity index (χ1n) is 5.52. The number of nitriles is 1. The van der Waals surface area contributed by atoms with Gasteiger partial charge in [-0.1, -0.05) is 24.6 Å². The van der Waals surface area contributed by atoms with Crippen LogP contribution in [0.5, 0.6) is 0 Å². The van der Waals surface area contributed by atoms with E-state index in [2.05, 4.69) is 11.2 Å². The van der Waals surface area contributed by atoms with Gasteiger partial charge in [-0.05, 0) is 25.5 Å². The summed E-state index contributed by atoms with van der Waals surface area (Å²) in [6.07, 6.45) is 0.700. The number of rotatable bonds is 2. The van der Waals surface area contributed by atoms with E-state index < -0.39 is 0 Å². The molecule has 0 aliphatic heterocycles. The van der Waals surface area contributed by atoms with Crippen molar-refractivity contribution < 1.29 is 0 Å². The first kappa shape index (κ1) is 11.2. The third kappa shape index (κ3) is 1.87. The van der Waals surface area contributed by atoms with Crippen LogP contribution in [-0.2, 0) is 6.42 Å². The number of nitrogens with two attached hydrogens (primary N) is 1. The molecule has 0 aliphatic carbocycles. The Hall–Kier alpha value is -2.28. The molecule has 2 rings (SSSR count). The third-order valence-electron chi connectivity index (χ3n) is 2.72. The molecule has 1 aromatic heterocycles. The summed E-state index contributed by atoms with van der Waals surface area (Å²) in [5, 5.41) is 13.4. The average molecular weight is 226 g/mol. The quantitative estimate of drug-likeness (QED) is 0.853. The van der Waals surface area contributed by atoms with E-state index in [1.807, 2.05) is 38.1 Å². The van der Waals surface area contributed by atoms with Gasteiger partial charge < -0.3 is 5.73 Å². The fourth-order valence-electron chi connectivity index (χ4n) is 1.73. The van der Waals surface area contributed by atoms with Gasteiger partial charge in [-0.15, -0.1) is 0 Å². The van der Waals surface area contributed by atoms with Crippen molar-refractivity contribution in [2.45, 2.75) is 20.3 Å². The van der Waals surface area contributed by atoms with Crippen LogP contribution in [0.3, 0.4) is 0 Å². The molecule has 0 spiro atoms. The Kier molecular flexibility index (Phi) is 2.84. The highest BCUT2D eigenvalue weighted by atomic mass is 15.3. The number of nitrogens with zero attached hydrogens (tertiary/aromatic N) is 3. The minimum atomic E-state index is 0.410. The maximum absolute atomic E-state index is 9.05. The molecule has 86 valence electrons. The molecular formula is C13H14N4. The SMILES string of the molecule is CCc1nn(-c2ccc(C)cc2)c(N)c1C#N. The Balaban J connectivity index is 2.57. The predicted molar refractivity (Wildman–Crippen MR) is 66.8 cm³/mol. The Morgan fingerprint density at radius 2 is 2.00 bits per heavy atom. The summed E-state index contributed by atoms with van der Waals surface area (Å²) in [6.45, 7) is 3.98. The average Bonchev–Trinajstić information content (AvgIpc) is 2.66. The Morgan fingerprint density at radius 3 is 2.47 bits per heavy atom. The van der Waals surface area contributed by atoms with Crippen LogP contribution in [0.15, 0.2) is 24.3 Å². The van der Waals surface area contributed by atoms with E-state index in [9.17, 15) is 0 Å². The van der Waals surface area contributed by atoms with Crippen LogP contribution in [0, 0.1) is 18.3 Å². The zero-order chi connectivity index (χ0) is 12.4. The molecule has 0 saturated carbocycles. The number of aryl methyl sites for hydroxylation is 2. The van der Waals surface area contributed by atoms with Crippen molar-refractivity contribution in [1.82, 2.24) is 9.78 Å². The van der Waals surface area contributed by atoms with E-state index in [1.165, 1.54) is 5.56 Å². The fourth-order valence-corrected chi connectivity index (χ4v) is 1.73. The molecule has 2 N–H and O–H groups in total. The molecule has 1 heterocycles. The topological polar surface area (TPSA) is 67.6 Å². The van der Waals surface area contributed by atoms with Gasteiger partial charge in [0.25, 0.3) is 0 Å². The van der Waals surface area contributed by atoms with Gasteiger partial charge in [-0.3, -0.25) is 0 Å². The smallest absolute Gasteiger partial charge is 0.145 e. The molecule has 17 heavy (non-hydrogen) atoms. The standard InChI is InChI=1S/C13H14N4/c1-3-12-11(8-14)13(15)17(16-12)10-6-4-9(2)5-7-10/h4-7H,3,15H2,1-2H3. The zero-order valence-corrected chi connectivity index (χ0v) is 9.94. The monoisotopic (exact) mass is 226 g/mol. The number of anilines is 1. The largest absolute Gasteiger partial charge is 0.382 e. The van der Waals surface area contributed by atoms with E-state index in [-0.39, 0.29) is 0 Å². The number of hydrogen-bond donors (Lipinski definition) is 1. The Morgan fingerprint density at radius 1 is 1.35 bits per heavy atom. The lowest BCUT2D eigenvalue weighted by Crippen LogP contribution is -2.02. The Bertz CT molecular complexity index is 573. The first-order valence-corrected chi connectivity index (χ1v) is 5.52. The minimum Gasteiger partial charge on any atom is -0.382 e. The van der Waals surface area contributed by atoms with Gasteiger partial charge in [0.05, 0.1) is 11.4 Å². The second-order valence-corrected chi connectivity index (χ2v) is 3.92. The van der Waals surface area contributed by atoms with Crippen LogP contribution < -0.4 is 5.73 Å². The van der Waals surface area contributed by atoms with Crippen LogP contribution in [0.25, 0.3) is 5.69 Å². The molecule has 4 heteroatoms. The van der Waals surface area contributed by atoms with Gasteiger partial charge in [0.1, 0.15) is 17.5 Å². The van der Waals surface area contributed by atoms with Crippen molar-refractivity contribution >= 4 is 5.82 Å². The molecule has 0 aliphatic rings. The van der Waals surface area contributed by atoms with E-state index in [1.54, 1.807) is 4.68 Å². The third-order valence-corrected chi connectivity index (χ3v) is 2.72. The summed E-state index contributed by atoms with van der Waals surface area (Å²) < 4.78 is 1.62. The van der Waals surface area contributed by atoms with Crippen LogP contribution in [0.4, 0.5) is 5.82 Å². The fraction of sp³-hybridized carbons (Fsp3) is 0.231. The van der Waals surface area contributed by atoms with E-state index in [0.29, 0.717) is 17.8 Å². The molecule has 0 amide bonds. The molecule has 0 unspecified atom stereocenters. The molecule has 1 aromatic carbocycles. The van der Waals surface area contributed by atoms with Gasteiger partial charge in [0.2, 0.25) is 0 Å². The highest BCUT2D eigenvalue weighted by molar-refractivity contribution is 5.56. The van der Waals surface area contributed by atoms with Gasteiger partial charge in [-0.25, -0.2) is 4.68 Å². The van der Waals surface area contributed by atoms with Gasteiger partial charge in [0.15, 0.2) is 0 Å². The molecule has 0 bridgehead atoms. The number of aromatic nitrogens is 2. The van der Waals surface area contributed by atoms with Crippen LogP contribution in [0.2, 0.25) is 0 Å². The van der Waals surface area contributed by atoms with Gasteiger partial charge in [-0.2, -0.15) is 10.4 Å². The second-order valence-electron chi connectivity index (χ2n) is 3.92. The minimum absolute atomic E-state index is 0.410. The normalized spacial score (nSPS) is 10.2. The van der Waals surface area contributed by atoms with E-state index in [4.69, 9.17) is 11.0 Å². The van der Waals surface area contributed by atoms with Crippen molar-refractivity contribution in [3.8, 4) is 11.8 Å². The van der Waals surface area contributed by atoms with Crippen molar-refractivity contribution in [3.05, 3.63) is 41.1 Å². The van der Waals surface area contributed by atoms with Crippen molar-refractivity contribution in [3.63, 3.8) is 0 Å². The van der Waals surface area contributed by atoms with Crippen molar-refractivity contribution in [2.75, 3.05) is 5.73 Å². The Labute approximate surface area is 100 Å². The molecule has 0 atom stereocenters. The summed E-state index contributed by atoms with van der Waals surface area (Å²) in [6, 6.07) is 9.98. The highest BCUT2D eigenvalue weighted by Gasteiger charge is 2.14. The first-order chi connectivity index (χ1) is 8.17. The van der Waals surface area contributed by atoms with Gasteiger partial charge in [0, 0.05) is 0 Å². The van der Waals surface area contributed by atoms with Crippen molar-refractivity contribution in [2.24, 2.45) is 0 Å². The molecule has 0 radical (unpaired) electrons. The highest BCUT2D eigenvalue weighted by Crippen LogP contribution is 2.20. The summed E-state index contributed by atoms with van der Waals surface area (Å²) >= 11 is 0. The van der Waals surface area contributed by atoms with Crippen LogP contribution in [0.1, 0.15) is 23.7 Å². The van der Waals surface area contributed by atoms with E-state index >= 15 is 0 Å². The second kappa shape index (κ2) is 4.30. The van der Waals surface area contributed by atoms with Gasteiger partial charge >= 0.3 is 0 Å². The molecule has 0 saturated heterocycles. The lowest BCUT2D eigenvalue weighted by Gasteiger charge is -2.03. The summed E-state index contributed by atoms with van der Waals surface area (Å²) in [4.78, 5) is 0. The van der Waals surface area contributed by atoms with Crippen molar-refractivity contribution in [1.29, 1.82) is 5.26 Å².